The van der Waals surface area contributed by atoms with Crippen LogP contribution in [-0.4, -0.2) is 32.3 Å². The summed E-state index contributed by atoms with van der Waals surface area (Å²) >= 11 is 2.77. The summed E-state index contributed by atoms with van der Waals surface area (Å²) in [5, 5.41) is 12.6. The molecule has 3 N–H and O–H groups in total. The number of benzene rings is 1. The summed E-state index contributed by atoms with van der Waals surface area (Å²) in [6.45, 7) is 7.16. The number of nitrogens with zero attached hydrogens (tertiary/aromatic N) is 3. The molecular formula is C24H29N5O3S2. The van der Waals surface area contributed by atoms with E-state index in [1.54, 1.807) is 0 Å². The number of ether oxygens (including phenoxy) is 1. The van der Waals surface area contributed by atoms with E-state index in [1.807, 2.05) is 42.7 Å². The second-order valence-corrected chi connectivity index (χ2v) is 10.6. The molecule has 10 heteroatoms. The number of aryl methyl sites for hydroxylation is 1. The number of amides is 2. The Bertz CT molecular complexity index is 1200. The normalized spacial score (nSPS) is 15.1. The van der Waals surface area contributed by atoms with E-state index in [0.717, 1.165) is 41.0 Å². The summed E-state index contributed by atoms with van der Waals surface area (Å²) in [4.78, 5) is 26.0. The molecule has 0 saturated carbocycles. The van der Waals surface area contributed by atoms with Crippen molar-refractivity contribution in [2.24, 2.45) is 11.7 Å². The van der Waals surface area contributed by atoms with Crippen molar-refractivity contribution in [3.63, 3.8) is 0 Å². The van der Waals surface area contributed by atoms with Crippen LogP contribution in [0.4, 0.5) is 5.00 Å². The molecule has 0 aliphatic heterocycles. The number of carbonyl (C=O) groups is 2. The fourth-order valence-corrected chi connectivity index (χ4v) is 6.35. The van der Waals surface area contributed by atoms with Gasteiger partial charge in [0.05, 0.1) is 11.3 Å². The van der Waals surface area contributed by atoms with Gasteiger partial charge in [-0.1, -0.05) is 30.8 Å². The topological polar surface area (TPSA) is 112 Å². The number of rotatable bonds is 9. The third-order valence-electron chi connectivity index (χ3n) is 5.81. The van der Waals surface area contributed by atoms with Crippen LogP contribution in [0.2, 0.25) is 0 Å². The lowest BCUT2D eigenvalue weighted by atomic mass is 9.88. The number of thioether (sulfide) groups is 1. The molecule has 2 amide bonds. The van der Waals surface area contributed by atoms with Gasteiger partial charge in [0.15, 0.2) is 11.0 Å². The number of thiophene rings is 1. The van der Waals surface area contributed by atoms with Gasteiger partial charge in [0.2, 0.25) is 5.91 Å². The molecule has 1 aliphatic carbocycles. The van der Waals surface area contributed by atoms with Crippen LogP contribution < -0.4 is 15.8 Å². The van der Waals surface area contributed by atoms with Crippen molar-refractivity contribution < 1.29 is 14.3 Å². The Kier molecular flexibility index (Phi) is 7.57. The smallest absolute Gasteiger partial charge is 0.251 e. The maximum Gasteiger partial charge on any atom is 0.251 e. The van der Waals surface area contributed by atoms with Crippen LogP contribution >= 0.6 is 23.1 Å². The minimum Gasteiger partial charge on any atom is -0.486 e. The number of aromatic nitrogens is 3. The van der Waals surface area contributed by atoms with Crippen molar-refractivity contribution >= 4 is 39.9 Å². The summed E-state index contributed by atoms with van der Waals surface area (Å²) in [7, 11) is 0. The maximum atomic E-state index is 12.7. The maximum absolute atomic E-state index is 12.7. The predicted octanol–water partition coefficient (Wildman–Crippen LogP) is 4.20. The zero-order valence-electron chi connectivity index (χ0n) is 19.6. The van der Waals surface area contributed by atoms with Crippen LogP contribution in [-0.2, 0) is 30.8 Å². The van der Waals surface area contributed by atoms with E-state index in [0.29, 0.717) is 34.0 Å². The zero-order chi connectivity index (χ0) is 24.2. The molecule has 1 unspecified atom stereocenters. The van der Waals surface area contributed by atoms with Gasteiger partial charge in [-0.25, -0.2) is 0 Å². The molecule has 8 nitrogen and oxygen atoms in total. The molecule has 180 valence electrons. The fraction of sp³-hybridized carbons (Fsp3) is 0.417. The van der Waals surface area contributed by atoms with E-state index >= 15 is 0 Å². The minimum absolute atomic E-state index is 0.147. The highest BCUT2D eigenvalue weighted by atomic mass is 32.2. The van der Waals surface area contributed by atoms with Gasteiger partial charge in [0.1, 0.15) is 17.4 Å². The van der Waals surface area contributed by atoms with Crippen LogP contribution in [0.5, 0.6) is 5.75 Å². The van der Waals surface area contributed by atoms with Gasteiger partial charge in [-0.3, -0.25) is 9.59 Å². The summed E-state index contributed by atoms with van der Waals surface area (Å²) in [6, 6.07) is 7.84. The number of fused-ring (bicyclic) bond motifs is 1. The number of hydrogen-bond acceptors (Lipinski definition) is 7. The molecule has 0 spiro atoms. The van der Waals surface area contributed by atoms with Gasteiger partial charge in [-0.05, 0) is 62.3 Å². The van der Waals surface area contributed by atoms with Crippen molar-refractivity contribution in [3.8, 4) is 5.75 Å². The van der Waals surface area contributed by atoms with E-state index < -0.39 is 5.91 Å². The molecule has 0 radical (unpaired) electrons. The average molecular weight is 500 g/mol. The van der Waals surface area contributed by atoms with Crippen LogP contribution in [0, 0.1) is 12.8 Å². The first-order chi connectivity index (χ1) is 16.4. The highest BCUT2D eigenvalue weighted by Crippen LogP contribution is 2.39. The number of hydrogen-bond donors (Lipinski definition) is 2. The molecule has 0 saturated heterocycles. The lowest BCUT2D eigenvalue weighted by molar-refractivity contribution is -0.113. The largest absolute Gasteiger partial charge is 0.486 e. The van der Waals surface area contributed by atoms with Gasteiger partial charge >= 0.3 is 0 Å². The lowest BCUT2D eigenvalue weighted by Gasteiger charge is -2.18. The van der Waals surface area contributed by atoms with Crippen molar-refractivity contribution in [2.45, 2.75) is 58.3 Å². The molecule has 1 aromatic carbocycles. The zero-order valence-corrected chi connectivity index (χ0v) is 21.2. The fourth-order valence-electron chi connectivity index (χ4n) is 4.10. The van der Waals surface area contributed by atoms with Gasteiger partial charge in [0, 0.05) is 11.4 Å². The number of nitrogens with one attached hydrogen (secondary N) is 1. The van der Waals surface area contributed by atoms with E-state index in [-0.39, 0.29) is 18.3 Å². The number of carbonyl (C=O) groups excluding carboxylic acids is 2. The molecule has 0 bridgehead atoms. The molecule has 2 aromatic heterocycles. The van der Waals surface area contributed by atoms with Crippen LogP contribution in [0.25, 0.3) is 0 Å². The molecule has 3 aromatic rings. The summed E-state index contributed by atoms with van der Waals surface area (Å²) in [5.41, 5.74) is 8.25. The summed E-state index contributed by atoms with van der Waals surface area (Å²) < 4.78 is 7.80. The second-order valence-electron chi connectivity index (χ2n) is 8.51. The van der Waals surface area contributed by atoms with Crippen molar-refractivity contribution in [3.05, 3.63) is 51.7 Å². The quantitative estimate of drug-likeness (QED) is 0.427. The monoisotopic (exact) mass is 499 g/mol. The number of primary amides is 1. The Morgan fingerprint density at radius 3 is 2.91 bits per heavy atom. The van der Waals surface area contributed by atoms with Crippen molar-refractivity contribution in [1.82, 2.24) is 14.8 Å². The minimum atomic E-state index is -0.487. The van der Waals surface area contributed by atoms with Crippen molar-refractivity contribution in [2.75, 3.05) is 11.1 Å². The van der Waals surface area contributed by atoms with Crippen LogP contribution in [0.3, 0.4) is 0 Å². The molecule has 1 atom stereocenters. The Morgan fingerprint density at radius 1 is 1.35 bits per heavy atom. The Morgan fingerprint density at radius 2 is 2.18 bits per heavy atom. The Balaban J connectivity index is 1.39. The molecule has 2 heterocycles. The van der Waals surface area contributed by atoms with E-state index in [9.17, 15) is 9.59 Å². The molecule has 0 fully saturated rings. The predicted molar refractivity (Wildman–Crippen MR) is 135 cm³/mol. The van der Waals surface area contributed by atoms with Gasteiger partial charge in [0.25, 0.3) is 5.91 Å². The SMILES string of the molecule is CCn1c(COc2cccc(C)c2)nnc1SCC(=O)Nc1sc2c(c1C(N)=O)CCC(C)C2. The first kappa shape index (κ1) is 24.3. The average Bonchev–Trinajstić information content (AvgIpc) is 3.35. The second kappa shape index (κ2) is 10.6. The van der Waals surface area contributed by atoms with E-state index in [4.69, 9.17) is 10.5 Å². The van der Waals surface area contributed by atoms with Gasteiger partial charge in [-0.15, -0.1) is 21.5 Å². The lowest BCUT2D eigenvalue weighted by Crippen LogP contribution is -2.20. The number of nitrogens with two attached hydrogens (primary N) is 1. The first-order valence-corrected chi connectivity index (χ1v) is 13.1. The Labute approximate surface area is 207 Å². The molecular weight excluding hydrogens is 470 g/mol. The van der Waals surface area contributed by atoms with Gasteiger partial charge < -0.3 is 20.4 Å². The number of anilines is 1. The molecule has 4 rings (SSSR count). The first-order valence-electron chi connectivity index (χ1n) is 11.3. The highest BCUT2D eigenvalue weighted by Gasteiger charge is 2.27. The standard InChI is InChI=1S/C24H29N5O3S2/c1-4-29-19(12-32-16-7-5-6-14(2)10-16)27-28-24(29)33-13-20(30)26-23-21(22(25)31)17-9-8-15(3)11-18(17)34-23/h5-7,10,15H,4,8-9,11-13H2,1-3H3,(H2,25,31)(H,26,30). The third-order valence-corrected chi connectivity index (χ3v) is 7.95. The van der Waals surface area contributed by atoms with Gasteiger partial charge in [-0.2, -0.15) is 0 Å². The van der Waals surface area contributed by atoms with E-state index in [2.05, 4.69) is 22.4 Å². The third kappa shape index (κ3) is 5.44. The van der Waals surface area contributed by atoms with Crippen LogP contribution in [0.1, 0.15) is 52.5 Å². The summed E-state index contributed by atoms with van der Waals surface area (Å²) in [5.74, 6) is 1.49. The molecule has 1 aliphatic rings. The van der Waals surface area contributed by atoms with E-state index in [1.165, 1.54) is 23.1 Å². The summed E-state index contributed by atoms with van der Waals surface area (Å²) in [6.07, 6.45) is 2.76. The highest BCUT2D eigenvalue weighted by molar-refractivity contribution is 7.99. The van der Waals surface area contributed by atoms with Crippen LogP contribution in [0.15, 0.2) is 29.4 Å². The van der Waals surface area contributed by atoms with Crippen molar-refractivity contribution in [1.29, 1.82) is 0 Å². The Hall–Kier alpha value is -2.85. The molecule has 34 heavy (non-hydrogen) atoms.